The molecule has 134 valence electrons. The van der Waals surface area contributed by atoms with Gasteiger partial charge in [-0.05, 0) is 31.2 Å². The van der Waals surface area contributed by atoms with Crippen molar-refractivity contribution in [2.45, 2.75) is 6.92 Å². The average Bonchev–Trinajstić information content (AvgIpc) is 3.30. The Morgan fingerprint density at radius 1 is 1.07 bits per heavy atom. The maximum absolute atomic E-state index is 13.1. The zero-order valence-corrected chi connectivity index (χ0v) is 15.1. The molecular weight excluding hydrogens is 365 g/mol. The first-order valence-electron chi connectivity index (χ1n) is 8.17. The number of hydrogen-bond donors (Lipinski definition) is 1. The lowest BCUT2D eigenvalue weighted by molar-refractivity contribution is 0.101. The number of halogens is 1. The predicted octanol–water partition coefficient (Wildman–Crippen LogP) is 5.16. The summed E-state index contributed by atoms with van der Waals surface area (Å²) in [7, 11) is 0. The zero-order chi connectivity index (χ0) is 18.8. The Bertz CT molecular complexity index is 1090. The Hall–Kier alpha value is -3.32. The average molecular weight is 379 g/mol. The number of anilines is 1. The molecule has 0 unspecified atom stereocenters. The van der Waals surface area contributed by atoms with Crippen LogP contribution in [-0.2, 0) is 0 Å². The van der Waals surface area contributed by atoms with Crippen LogP contribution < -0.4 is 5.32 Å². The first-order valence-corrected chi connectivity index (χ1v) is 8.98. The highest BCUT2D eigenvalue weighted by Crippen LogP contribution is 2.31. The van der Waals surface area contributed by atoms with Crippen LogP contribution in [0.4, 0.5) is 9.52 Å². The Balaban J connectivity index is 1.53. The van der Waals surface area contributed by atoms with Gasteiger partial charge in [0.05, 0.1) is 5.69 Å². The van der Waals surface area contributed by atoms with E-state index in [0.29, 0.717) is 16.6 Å². The smallest absolute Gasteiger partial charge is 0.279 e. The number of nitrogens with zero attached hydrogens (tertiary/aromatic N) is 2. The van der Waals surface area contributed by atoms with E-state index in [0.717, 1.165) is 16.0 Å². The van der Waals surface area contributed by atoms with Gasteiger partial charge in [0.2, 0.25) is 0 Å². The van der Waals surface area contributed by atoms with Crippen molar-refractivity contribution in [1.29, 1.82) is 0 Å². The monoisotopic (exact) mass is 379 g/mol. The number of carbonyl (C=O) groups is 1. The van der Waals surface area contributed by atoms with E-state index in [9.17, 15) is 9.18 Å². The summed E-state index contributed by atoms with van der Waals surface area (Å²) in [6, 6.07) is 17.1. The molecule has 27 heavy (non-hydrogen) atoms. The van der Waals surface area contributed by atoms with Gasteiger partial charge in [-0.25, -0.2) is 9.37 Å². The van der Waals surface area contributed by atoms with Crippen LogP contribution in [0.25, 0.3) is 22.6 Å². The zero-order valence-electron chi connectivity index (χ0n) is 14.3. The molecule has 2 heterocycles. The standard InChI is InChI=1S/C20H14FN3O2S/c1-12-18(14-7-9-15(21)10-8-14)22-20(27-12)23-19(25)16-11-17(26-24-16)13-5-3-2-4-6-13/h2-11H,1H3,(H,22,23,25). The summed E-state index contributed by atoms with van der Waals surface area (Å²) in [5.41, 5.74) is 2.51. The van der Waals surface area contributed by atoms with E-state index < -0.39 is 5.91 Å². The SMILES string of the molecule is Cc1sc(NC(=O)c2cc(-c3ccccc3)on2)nc1-c1ccc(F)cc1. The first kappa shape index (κ1) is 17.1. The van der Waals surface area contributed by atoms with Gasteiger partial charge >= 0.3 is 0 Å². The molecule has 0 saturated carbocycles. The number of carbonyl (C=O) groups excluding carboxylic acids is 1. The van der Waals surface area contributed by atoms with Gasteiger partial charge in [-0.15, -0.1) is 11.3 Å². The second-order valence-corrected chi connectivity index (χ2v) is 7.03. The molecule has 0 fully saturated rings. The van der Waals surface area contributed by atoms with Gasteiger partial charge < -0.3 is 4.52 Å². The number of benzene rings is 2. The largest absolute Gasteiger partial charge is 0.355 e. The van der Waals surface area contributed by atoms with Gasteiger partial charge in [0.25, 0.3) is 5.91 Å². The number of hydrogen-bond acceptors (Lipinski definition) is 5. The van der Waals surface area contributed by atoms with Crippen molar-refractivity contribution >= 4 is 22.4 Å². The lowest BCUT2D eigenvalue weighted by atomic mass is 10.1. The summed E-state index contributed by atoms with van der Waals surface area (Å²) in [6.45, 7) is 1.90. The van der Waals surface area contributed by atoms with Crippen LogP contribution in [0.15, 0.2) is 65.2 Å². The fourth-order valence-corrected chi connectivity index (χ4v) is 3.44. The molecule has 0 aliphatic rings. The van der Waals surface area contributed by atoms with Gasteiger partial charge in [0.1, 0.15) is 5.82 Å². The summed E-state index contributed by atoms with van der Waals surface area (Å²) in [6.07, 6.45) is 0. The number of aromatic nitrogens is 2. The highest BCUT2D eigenvalue weighted by Gasteiger charge is 2.17. The number of rotatable bonds is 4. The molecular formula is C20H14FN3O2S. The van der Waals surface area contributed by atoms with Crippen molar-refractivity contribution in [2.24, 2.45) is 0 Å². The fraction of sp³-hybridized carbons (Fsp3) is 0.0500. The summed E-state index contributed by atoms with van der Waals surface area (Å²) in [5.74, 6) is -0.191. The molecule has 4 rings (SSSR count). The second kappa shape index (κ2) is 7.13. The quantitative estimate of drug-likeness (QED) is 0.531. The van der Waals surface area contributed by atoms with E-state index in [1.165, 1.54) is 23.5 Å². The molecule has 0 atom stereocenters. The van der Waals surface area contributed by atoms with E-state index in [2.05, 4.69) is 15.5 Å². The molecule has 2 aromatic carbocycles. The van der Waals surface area contributed by atoms with Crippen LogP contribution >= 0.6 is 11.3 Å². The van der Waals surface area contributed by atoms with Crippen molar-refractivity contribution in [3.63, 3.8) is 0 Å². The third kappa shape index (κ3) is 3.63. The van der Waals surface area contributed by atoms with Crippen LogP contribution in [-0.4, -0.2) is 16.0 Å². The van der Waals surface area contributed by atoms with Gasteiger partial charge in [-0.1, -0.05) is 35.5 Å². The summed E-state index contributed by atoms with van der Waals surface area (Å²) in [5, 5.41) is 7.02. The summed E-state index contributed by atoms with van der Waals surface area (Å²) < 4.78 is 18.4. The van der Waals surface area contributed by atoms with E-state index in [1.807, 2.05) is 37.3 Å². The molecule has 0 radical (unpaired) electrons. The molecule has 0 aliphatic heterocycles. The molecule has 0 aliphatic carbocycles. The molecule has 0 spiro atoms. The predicted molar refractivity (Wildman–Crippen MR) is 102 cm³/mol. The third-order valence-corrected chi connectivity index (χ3v) is 4.82. The minimum absolute atomic E-state index is 0.171. The minimum atomic E-state index is -0.402. The maximum Gasteiger partial charge on any atom is 0.279 e. The lowest BCUT2D eigenvalue weighted by Crippen LogP contribution is -2.11. The minimum Gasteiger partial charge on any atom is -0.355 e. The van der Waals surface area contributed by atoms with Crippen LogP contribution in [0, 0.1) is 12.7 Å². The topological polar surface area (TPSA) is 68.0 Å². The van der Waals surface area contributed by atoms with Crippen LogP contribution in [0.5, 0.6) is 0 Å². The number of amides is 1. The van der Waals surface area contributed by atoms with Crippen LogP contribution in [0.3, 0.4) is 0 Å². The van der Waals surface area contributed by atoms with Gasteiger partial charge in [-0.2, -0.15) is 0 Å². The van der Waals surface area contributed by atoms with Crippen molar-refractivity contribution < 1.29 is 13.7 Å². The number of aryl methyl sites for hydroxylation is 1. The fourth-order valence-electron chi connectivity index (χ4n) is 2.61. The highest BCUT2D eigenvalue weighted by molar-refractivity contribution is 7.16. The van der Waals surface area contributed by atoms with Crippen LogP contribution in [0.1, 0.15) is 15.4 Å². The van der Waals surface area contributed by atoms with Crippen molar-refractivity contribution in [3.8, 4) is 22.6 Å². The molecule has 5 nitrogen and oxygen atoms in total. The Morgan fingerprint density at radius 3 is 2.56 bits per heavy atom. The highest BCUT2D eigenvalue weighted by atomic mass is 32.1. The Kier molecular flexibility index (Phi) is 4.52. The maximum atomic E-state index is 13.1. The normalized spacial score (nSPS) is 10.7. The van der Waals surface area contributed by atoms with Crippen molar-refractivity contribution in [1.82, 2.24) is 10.1 Å². The first-order chi connectivity index (χ1) is 13.1. The Labute approximate surface area is 158 Å². The third-order valence-electron chi connectivity index (χ3n) is 3.94. The molecule has 0 saturated heterocycles. The molecule has 2 aromatic heterocycles. The number of nitrogens with one attached hydrogen (secondary N) is 1. The van der Waals surface area contributed by atoms with E-state index in [-0.39, 0.29) is 11.5 Å². The molecule has 0 bridgehead atoms. The molecule has 1 N–H and O–H groups in total. The summed E-state index contributed by atoms with van der Waals surface area (Å²) in [4.78, 5) is 17.8. The van der Waals surface area contributed by atoms with Gasteiger partial charge in [0.15, 0.2) is 16.6 Å². The summed E-state index contributed by atoms with van der Waals surface area (Å²) >= 11 is 1.34. The van der Waals surface area contributed by atoms with E-state index >= 15 is 0 Å². The number of thiazole rings is 1. The second-order valence-electron chi connectivity index (χ2n) is 5.83. The van der Waals surface area contributed by atoms with Crippen LogP contribution in [0.2, 0.25) is 0 Å². The van der Waals surface area contributed by atoms with Crippen molar-refractivity contribution in [3.05, 3.63) is 77.1 Å². The Morgan fingerprint density at radius 2 is 1.81 bits per heavy atom. The van der Waals surface area contributed by atoms with Gasteiger partial charge in [-0.3, -0.25) is 10.1 Å². The van der Waals surface area contributed by atoms with E-state index in [4.69, 9.17) is 4.52 Å². The van der Waals surface area contributed by atoms with Crippen molar-refractivity contribution in [2.75, 3.05) is 5.32 Å². The molecule has 4 aromatic rings. The lowest BCUT2D eigenvalue weighted by Gasteiger charge is -1.98. The van der Waals surface area contributed by atoms with Gasteiger partial charge in [0, 0.05) is 22.1 Å². The molecule has 7 heteroatoms. The van der Waals surface area contributed by atoms with E-state index in [1.54, 1.807) is 18.2 Å². The molecule has 1 amide bonds.